The van der Waals surface area contributed by atoms with E-state index in [9.17, 15) is 9.59 Å². The van der Waals surface area contributed by atoms with Gasteiger partial charge in [0.05, 0.1) is 12.6 Å². The standard InChI is InChI=1S/C12H18N2O4/c1-7(2)5-9(13)11(15)14-6-8-3-4-10(18-8)12(16)17/h3-4,7,9H,5-6,13H2,1-2H3,(H,14,15)(H,16,17). The number of nitrogens with one attached hydrogen (secondary N) is 1. The van der Waals surface area contributed by atoms with Gasteiger partial charge in [0.25, 0.3) is 0 Å². The lowest BCUT2D eigenvalue weighted by Gasteiger charge is -2.13. The van der Waals surface area contributed by atoms with E-state index in [1.165, 1.54) is 12.1 Å². The van der Waals surface area contributed by atoms with Crippen LogP contribution in [0.5, 0.6) is 0 Å². The van der Waals surface area contributed by atoms with Gasteiger partial charge in [-0.1, -0.05) is 13.8 Å². The Balaban J connectivity index is 2.44. The van der Waals surface area contributed by atoms with E-state index in [4.69, 9.17) is 15.3 Å². The molecule has 0 spiro atoms. The highest BCUT2D eigenvalue weighted by Gasteiger charge is 2.15. The van der Waals surface area contributed by atoms with Crippen molar-refractivity contribution in [1.82, 2.24) is 5.32 Å². The molecule has 100 valence electrons. The maximum atomic E-state index is 11.6. The molecule has 0 aliphatic heterocycles. The second-order valence-corrected chi connectivity index (χ2v) is 4.52. The third-order valence-electron chi connectivity index (χ3n) is 2.37. The normalized spacial score (nSPS) is 12.4. The van der Waals surface area contributed by atoms with Crippen molar-refractivity contribution in [2.45, 2.75) is 32.9 Å². The minimum absolute atomic E-state index is 0.137. The van der Waals surface area contributed by atoms with Crippen molar-refractivity contribution in [1.29, 1.82) is 0 Å². The molecular weight excluding hydrogens is 236 g/mol. The summed E-state index contributed by atoms with van der Waals surface area (Å²) in [5.74, 6) is -0.822. The van der Waals surface area contributed by atoms with Crippen LogP contribution in [0.2, 0.25) is 0 Å². The van der Waals surface area contributed by atoms with Gasteiger partial charge < -0.3 is 20.6 Å². The summed E-state index contributed by atoms with van der Waals surface area (Å²) in [4.78, 5) is 22.2. The Morgan fingerprint density at radius 1 is 1.44 bits per heavy atom. The minimum Gasteiger partial charge on any atom is -0.475 e. The summed E-state index contributed by atoms with van der Waals surface area (Å²) in [5.41, 5.74) is 5.70. The molecule has 1 rings (SSSR count). The maximum absolute atomic E-state index is 11.6. The van der Waals surface area contributed by atoms with Gasteiger partial charge in [-0.3, -0.25) is 4.79 Å². The Kier molecular flexibility index (Phi) is 4.91. The monoisotopic (exact) mass is 254 g/mol. The summed E-state index contributed by atoms with van der Waals surface area (Å²) in [5, 5.41) is 11.3. The first kappa shape index (κ1) is 14.2. The van der Waals surface area contributed by atoms with Crippen molar-refractivity contribution < 1.29 is 19.1 Å². The Morgan fingerprint density at radius 2 is 2.11 bits per heavy atom. The first-order chi connectivity index (χ1) is 8.40. The number of carboxylic acids is 1. The molecule has 1 aromatic heterocycles. The van der Waals surface area contributed by atoms with Crippen molar-refractivity contribution in [3.63, 3.8) is 0 Å². The molecule has 0 saturated carbocycles. The number of hydrogen-bond donors (Lipinski definition) is 3. The Bertz CT molecular complexity index is 425. The number of nitrogens with two attached hydrogens (primary N) is 1. The molecule has 1 unspecified atom stereocenters. The SMILES string of the molecule is CC(C)CC(N)C(=O)NCc1ccc(C(=O)O)o1. The van der Waals surface area contributed by atoms with Crippen molar-refractivity contribution >= 4 is 11.9 Å². The average molecular weight is 254 g/mol. The molecule has 0 radical (unpaired) electrons. The second-order valence-electron chi connectivity index (χ2n) is 4.52. The van der Waals surface area contributed by atoms with Gasteiger partial charge in [-0.05, 0) is 24.5 Å². The van der Waals surface area contributed by atoms with E-state index in [-0.39, 0.29) is 18.2 Å². The zero-order valence-electron chi connectivity index (χ0n) is 10.5. The molecule has 6 nitrogen and oxygen atoms in total. The van der Waals surface area contributed by atoms with Crippen LogP contribution >= 0.6 is 0 Å². The first-order valence-electron chi connectivity index (χ1n) is 5.75. The van der Waals surface area contributed by atoms with E-state index >= 15 is 0 Å². The molecule has 18 heavy (non-hydrogen) atoms. The molecule has 1 aromatic rings. The van der Waals surface area contributed by atoms with Crippen LogP contribution in [0.25, 0.3) is 0 Å². The fraction of sp³-hybridized carbons (Fsp3) is 0.500. The molecule has 1 amide bonds. The largest absolute Gasteiger partial charge is 0.475 e. The number of amides is 1. The van der Waals surface area contributed by atoms with E-state index in [1.54, 1.807) is 0 Å². The second kappa shape index (κ2) is 6.20. The van der Waals surface area contributed by atoms with Crippen molar-refractivity contribution in [2.75, 3.05) is 0 Å². The average Bonchev–Trinajstić information content (AvgIpc) is 2.73. The van der Waals surface area contributed by atoms with Crippen molar-refractivity contribution in [2.24, 2.45) is 11.7 Å². The van der Waals surface area contributed by atoms with Crippen LogP contribution in [0.4, 0.5) is 0 Å². The van der Waals surface area contributed by atoms with Crippen molar-refractivity contribution in [3.05, 3.63) is 23.7 Å². The lowest BCUT2D eigenvalue weighted by molar-refractivity contribution is -0.122. The molecule has 1 heterocycles. The molecule has 6 heteroatoms. The molecular formula is C12H18N2O4. The zero-order valence-corrected chi connectivity index (χ0v) is 10.5. The first-order valence-corrected chi connectivity index (χ1v) is 5.75. The number of rotatable bonds is 6. The van der Waals surface area contributed by atoms with Gasteiger partial charge in [0, 0.05) is 0 Å². The third kappa shape index (κ3) is 4.21. The van der Waals surface area contributed by atoms with Crippen LogP contribution in [0.3, 0.4) is 0 Å². The van der Waals surface area contributed by atoms with Crippen LogP contribution in [0.15, 0.2) is 16.5 Å². The number of aromatic carboxylic acids is 1. The summed E-state index contributed by atoms with van der Waals surface area (Å²) in [6, 6.07) is 2.30. The maximum Gasteiger partial charge on any atom is 0.371 e. The Morgan fingerprint density at radius 3 is 2.61 bits per heavy atom. The molecule has 0 aromatic carbocycles. The number of carboxylic acid groups (broad SMARTS) is 1. The lowest BCUT2D eigenvalue weighted by Crippen LogP contribution is -2.40. The molecule has 0 aliphatic carbocycles. The quantitative estimate of drug-likeness (QED) is 0.701. The fourth-order valence-corrected chi connectivity index (χ4v) is 1.51. The number of carbonyl (C=O) groups excluding carboxylic acids is 1. The van der Waals surface area contributed by atoms with Gasteiger partial charge in [-0.25, -0.2) is 4.79 Å². The van der Waals surface area contributed by atoms with Gasteiger partial charge >= 0.3 is 5.97 Å². The van der Waals surface area contributed by atoms with Crippen LogP contribution in [0.1, 0.15) is 36.6 Å². The van der Waals surface area contributed by atoms with E-state index < -0.39 is 12.0 Å². The van der Waals surface area contributed by atoms with Gasteiger partial charge in [-0.2, -0.15) is 0 Å². The Hall–Kier alpha value is -1.82. The lowest BCUT2D eigenvalue weighted by atomic mass is 10.0. The zero-order chi connectivity index (χ0) is 13.7. The van der Waals surface area contributed by atoms with E-state index in [0.29, 0.717) is 18.1 Å². The van der Waals surface area contributed by atoms with Gasteiger partial charge in [0.15, 0.2) is 0 Å². The van der Waals surface area contributed by atoms with Crippen molar-refractivity contribution in [3.8, 4) is 0 Å². The van der Waals surface area contributed by atoms with E-state index in [2.05, 4.69) is 5.32 Å². The van der Waals surface area contributed by atoms with Crippen LogP contribution < -0.4 is 11.1 Å². The minimum atomic E-state index is -1.14. The topological polar surface area (TPSA) is 106 Å². The van der Waals surface area contributed by atoms with Crippen LogP contribution in [0, 0.1) is 5.92 Å². The summed E-state index contributed by atoms with van der Waals surface area (Å²) >= 11 is 0. The highest BCUT2D eigenvalue weighted by atomic mass is 16.4. The number of carbonyl (C=O) groups is 2. The number of hydrogen-bond acceptors (Lipinski definition) is 4. The molecule has 0 saturated heterocycles. The fourth-order valence-electron chi connectivity index (χ4n) is 1.51. The predicted octanol–water partition coefficient (Wildman–Crippen LogP) is 0.967. The third-order valence-corrected chi connectivity index (χ3v) is 2.37. The highest BCUT2D eigenvalue weighted by molar-refractivity contribution is 5.84. The summed E-state index contributed by atoms with van der Waals surface area (Å²) in [7, 11) is 0. The molecule has 0 bridgehead atoms. The van der Waals surface area contributed by atoms with E-state index in [0.717, 1.165) is 0 Å². The molecule has 1 atom stereocenters. The van der Waals surface area contributed by atoms with E-state index in [1.807, 2.05) is 13.8 Å². The summed E-state index contributed by atoms with van der Waals surface area (Å²) in [6.07, 6.45) is 0.602. The molecule has 4 N–H and O–H groups in total. The van der Waals surface area contributed by atoms with Crippen LogP contribution in [-0.4, -0.2) is 23.0 Å². The molecule has 0 fully saturated rings. The summed E-state index contributed by atoms with van der Waals surface area (Å²) < 4.78 is 5.00. The highest BCUT2D eigenvalue weighted by Crippen LogP contribution is 2.08. The van der Waals surface area contributed by atoms with Crippen LogP contribution in [-0.2, 0) is 11.3 Å². The van der Waals surface area contributed by atoms with Gasteiger partial charge in [0.1, 0.15) is 5.76 Å². The smallest absolute Gasteiger partial charge is 0.371 e. The predicted molar refractivity (Wildman–Crippen MR) is 64.9 cm³/mol. The molecule has 0 aliphatic rings. The van der Waals surface area contributed by atoms with Gasteiger partial charge in [-0.15, -0.1) is 0 Å². The number of furan rings is 1. The van der Waals surface area contributed by atoms with Gasteiger partial charge in [0.2, 0.25) is 11.7 Å². The Labute approximate surface area is 105 Å². The summed E-state index contributed by atoms with van der Waals surface area (Å²) in [6.45, 7) is 4.11.